The fraction of sp³-hybridized carbons (Fsp3) is 0.833. The number of nitrogens with one attached hydrogen (secondary N) is 1. The van der Waals surface area contributed by atoms with Gasteiger partial charge >= 0.3 is 0 Å². The molecule has 4 nitrogen and oxygen atoms in total. The van der Waals surface area contributed by atoms with Gasteiger partial charge in [-0.15, -0.1) is 11.8 Å². The summed E-state index contributed by atoms with van der Waals surface area (Å²) in [5.74, 6) is 1.79. The molecule has 96 valence electrons. The smallest absolute Gasteiger partial charge is 0.278 e. The standard InChI is InChI=1S/C12H21N3OS/c1-13-11(17-2)12(16)15-5-3-9(4-6-15)10-7-14-8-10/h9-10,14H,3-8H2,1-2H3. The van der Waals surface area contributed by atoms with Gasteiger partial charge < -0.3 is 10.2 Å². The number of thioether (sulfide) groups is 1. The monoisotopic (exact) mass is 255 g/mol. The van der Waals surface area contributed by atoms with Gasteiger partial charge in [-0.2, -0.15) is 0 Å². The Labute approximate surface area is 107 Å². The van der Waals surface area contributed by atoms with Gasteiger partial charge in [0.05, 0.1) is 0 Å². The Morgan fingerprint density at radius 2 is 1.94 bits per heavy atom. The van der Waals surface area contributed by atoms with Gasteiger partial charge in [0.2, 0.25) is 0 Å². The van der Waals surface area contributed by atoms with Crippen molar-refractivity contribution in [2.24, 2.45) is 16.8 Å². The maximum Gasteiger partial charge on any atom is 0.278 e. The Kier molecular flexibility index (Phi) is 4.45. The summed E-state index contributed by atoms with van der Waals surface area (Å²) in [5.41, 5.74) is 0. The van der Waals surface area contributed by atoms with Gasteiger partial charge in [0.25, 0.3) is 5.91 Å². The topological polar surface area (TPSA) is 44.7 Å². The molecular weight excluding hydrogens is 234 g/mol. The first-order valence-corrected chi connectivity index (χ1v) is 7.49. The molecule has 0 aromatic rings. The van der Waals surface area contributed by atoms with Gasteiger partial charge in [-0.3, -0.25) is 9.79 Å². The zero-order chi connectivity index (χ0) is 12.3. The number of amides is 1. The summed E-state index contributed by atoms with van der Waals surface area (Å²) in [4.78, 5) is 18.1. The second-order valence-electron chi connectivity index (χ2n) is 4.78. The van der Waals surface area contributed by atoms with E-state index in [9.17, 15) is 4.79 Å². The van der Waals surface area contributed by atoms with E-state index < -0.39 is 0 Å². The molecule has 0 aromatic carbocycles. The van der Waals surface area contributed by atoms with Crippen molar-refractivity contribution in [2.45, 2.75) is 12.8 Å². The average molecular weight is 255 g/mol. The van der Waals surface area contributed by atoms with Crippen LogP contribution in [0.5, 0.6) is 0 Å². The Bertz CT molecular complexity index is 307. The van der Waals surface area contributed by atoms with Crippen molar-refractivity contribution in [3.05, 3.63) is 0 Å². The molecule has 2 rings (SSSR count). The minimum Gasteiger partial charge on any atom is -0.337 e. The minimum atomic E-state index is 0.116. The minimum absolute atomic E-state index is 0.116. The van der Waals surface area contributed by atoms with Crippen LogP contribution in [0, 0.1) is 11.8 Å². The van der Waals surface area contributed by atoms with Gasteiger partial charge in [-0.05, 0) is 44.0 Å². The quantitative estimate of drug-likeness (QED) is 0.558. The Balaban J connectivity index is 1.83. The second-order valence-corrected chi connectivity index (χ2v) is 5.58. The Hall–Kier alpha value is -0.550. The van der Waals surface area contributed by atoms with Crippen molar-refractivity contribution in [1.82, 2.24) is 10.2 Å². The summed E-state index contributed by atoms with van der Waals surface area (Å²) < 4.78 is 0. The molecule has 0 spiro atoms. The molecule has 0 radical (unpaired) electrons. The lowest BCUT2D eigenvalue weighted by atomic mass is 9.81. The normalized spacial score (nSPS) is 23.6. The summed E-state index contributed by atoms with van der Waals surface area (Å²) in [5, 5.41) is 3.96. The van der Waals surface area contributed by atoms with E-state index >= 15 is 0 Å². The van der Waals surface area contributed by atoms with Crippen LogP contribution in [-0.2, 0) is 4.79 Å². The predicted molar refractivity (Wildman–Crippen MR) is 72.5 cm³/mol. The van der Waals surface area contributed by atoms with Crippen LogP contribution in [-0.4, -0.2) is 55.3 Å². The first-order chi connectivity index (χ1) is 8.26. The molecule has 2 heterocycles. The largest absolute Gasteiger partial charge is 0.337 e. The van der Waals surface area contributed by atoms with Crippen LogP contribution in [0.2, 0.25) is 0 Å². The van der Waals surface area contributed by atoms with E-state index in [0.717, 1.165) is 37.8 Å². The third-order valence-electron chi connectivity index (χ3n) is 3.89. The molecule has 0 aromatic heterocycles. The number of likely N-dealkylation sites (tertiary alicyclic amines) is 1. The summed E-state index contributed by atoms with van der Waals surface area (Å²) in [6.07, 6.45) is 4.22. The summed E-state index contributed by atoms with van der Waals surface area (Å²) in [7, 11) is 1.69. The van der Waals surface area contributed by atoms with E-state index in [1.165, 1.54) is 24.9 Å². The van der Waals surface area contributed by atoms with E-state index in [-0.39, 0.29) is 5.91 Å². The highest BCUT2D eigenvalue weighted by molar-refractivity contribution is 8.15. The van der Waals surface area contributed by atoms with E-state index in [0.29, 0.717) is 5.04 Å². The van der Waals surface area contributed by atoms with Crippen LogP contribution in [0.15, 0.2) is 4.99 Å². The lowest BCUT2D eigenvalue weighted by Gasteiger charge is -2.40. The van der Waals surface area contributed by atoms with Crippen molar-refractivity contribution in [3.63, 3.8) is 0 Å². The number of piperidine rings is 1. The first-order valence-electron chi connectivity index (χ1n) is 6.27. The number of hydrogen-bond donors (Lipinski definition) is 1. The van der Waals surface area contributed by atoms with Gasteiger partial charge in [0, 0.05) is 20.1 Å². The van der Waals surface area contributed by atoms with E-state index in [1.54, 1.807) is 7.05 Å². The number of nitrogens with zero attached hydrogens (tertiary/aromatic N) is 2. The van der Waals surface area contributed by atoms with Gasteiger partial charge in [-0.25, -0.2) is 0 Å². The van der Waals surface area contributed by atoms with Crippen LogP contribution in [0.1, 0.15) is 12.8 Å². The molecule has 2 fully saturated rings. The number of aliphatic imine (C=N–C) groups is 1. The maximum absolute atomic E-state index is 12.1. The molecule has 5 heteroatoms. The van der Waals surface area contributed by atoms with Crippen molar-refractivity contribution in [1.29, 1.82) is 0 Å². The van der Waals surface area contributed by atoms with E-state index in [1.807, 2.05) is 11.2 Å². The van der Waals surface area contributed by atoms with Crippen molar-refractivity contribution in [3.8, 4) is 0 Å². The fourth-order valence-electron chi connectivity index (χ4n) is 2.63. The Morgan fingerprint density at radius 3 is 2.35 bits per heavy atom. The lowest BCUT2D eigenvalue weighted by molar-refractivity contribution is -0.125. The van der Waals surface area contributed by atoms with E-state index in [4.69, 9.17) is 0 Å². The van der Waals surface area contributed by atoms with Crippen LogP contribution >= 0.6 is 11.8 Å². The van der Waals surface area contributed by atoms with Crippen molar-refractivity contribution < 1.29 is 4.79 Å². The third-order valence-corrected chi connectivity index (χ3v) is 4.63. The highest BCUT2D eigenvalue weighted by atomic mass is 32.2. The number of carbonyl (C=O) groups excluding carboxylic acids is 1. The van der Waals surface area contributed by atoms with Crippen LogP contribution in [0.25, 0.3) is 0 Å². The highest BCUT2D eigenvalue weighted by Crippen LogP contribution is 2.27. The first kappa shape index (κ1) is 12.9. The molecule has 1 amide bonds. The molecule has 0 atom stereocenters. The number of hydrogen-bond acceptors (Lipinski definition) is 4. The van der Waals surface area contributed by atoms with Crippen molar-refractivity contribution >= 4 is 22.7 Å². The Morgan fingerprint density at radius 1 is 1.29 bits per heavy atom. The van der Waals surface area contributed by atoms with Gasteiger partial charge in [0.15, 0.2) is 5.04 Å². The molecule has 2 aliphatic heterocycles. The number of rotatable bonds is 1. The second kappa shape index (κ2) is 5.87. The van der Waals surface area contributed by atoms with Crippen LogP contribution in [0.3, 0.4) is 0 Å². The zero-order valence-electron chi connectivity index (χ0n) is 10.6. The number of carbonyl (C=O) groups is 1. The molecule has 2 aliphatic rings. The lowest BCUT2D eigenvalue weighted by Crippen LogP contribution is -2.50. The molecule has 0 aliphatic carbocycles. The molecule has 1 N–H and O–H groups in total. The average Bonchev–Trinajstić information content (AvgIpc) is 2.29. The molecule has 0 saturated carbocycles. The molecule has 0 unspecified atom stereocenters. The van der Waals surface area contributed by atoms with Crippen LogP contribution in [0.4, 0.5) is 0 Å². The predicted octanol–water partition coefficient (Wildman–Crippen LogP) is 0.836. The van der Waals surface area contributed by atoms with E-state index in [2.05, 4.69) is 10.3 Å². The third kappa shape index (κ3) is 2.83. The SMILES string of the molecule is CN=C(SC)C(=O)N1CCC(C2CNC2)CC1. The molecular formula is C12H21N3OS. The van der Waals surface area contributed by atoms with Gasteiger partial charge in [0.1, 0.15) is 0 Å². The summed E-state index contributed by atoms with van der Waals surface area (Å²) in [6.45, 7) is 4.15. The highest BCUT2D eigenvalue weighted by Gasteiger charge is 2.32. The molecule has 2 saturated heterocycles. The molecule has 17 heavy (non-hydrogen) atoms. The fourth-order valence-corrected chi connectivity index (χ4v) is 3.11. The summed E-state index contributed by atoms with van der Waals surface area (Å²) >= 11 is 1.44. The maximum atomic E-state index is 12.1. The van der Waals surface area contributed by atoms with Crippen LogP contribution < -0.4 is 5.32 Å². The molecule has 0 bridgehead atoms. The van der Waals surface area contributed by atoms with Gasteiger partial charge in [-0.1, -0.05) is 0 Å². The van der Waals surface area contributed by atoms with Crippen molar-refractivity contribution in [2.75, 3.05) is 39.5 Å². The summed E-state index contributed by atoms with van der Waals surface area (Å²) in [6, 6.07) is 0. The zero-order valence-corrected chi connectivity index (χ0v) is 11.4.